The largest absolute Gasteiger partial charge is 0.573 e. The fraction of sp³-hybridized carbons (Fsp3) is 0.143. The van der Waals surface area contributed by atoms with E-state index in [1.807, 2.05) is 0 Å². The van der Waals surface area contributed by atoms with Crippen LogP contribution in [0.1, 0.15) is 0 Å². The van der Waals surface area contributed by atoms with Crippen LogP contribution in [0.4, 0.5) is 36.2 Å². The van der Waals surface area contributed by atoms with Crippen molar-refractivity contribution in [1.82, 2.24) is 9.97 Å². The summed E-state index contributed by atoms with van der Waals surface area (Å²) in [5.74, 6) is 0.447. The van der Waals surface area contributed by atoms with Crippen LogP contribution in [0.15, 0.2) is 43.2 Å². The van der Waals surface area contributed by atoms with Gasteiger partial charge >= 0.3 is 6.36 Å². The summed E-state index contributed by atoms with van der Waals surface area (Å²) in [6.45, 7) is 4.05. The van der Waals surface area contributed by atoms with Crippen molar-refractivity contribution in [3.05, 3.63) is 43.2 Å². The van der Waals surface area contributed by atoms with Gasteiger partial charge in [0.25, 0.3) is 0 Å². The van der Waals surface area contributed by atoms with E-state index < -0.39 is 6.36 Å². The van der Waals surface area contributed by atoms with Crippen LogP contribution in [-0.2, 0) is 0 Å². The van der Waals surface area contributed by atoms with E-state index in [0.29, 0.717) is 23.9 Å². The normalized spacial score (nSPS) is 10.9. The number of anilines is 4. The fourth-order valence-electron chi connectivity index (χ4n) is 1.68. The second-order valence-corrected chi connectivity index (χ2v) is 4.35. The molecule has 4 N–H and O–H groups in total. The second kappa shape index (κ2) is 6.86. The minimum Gasteiger partial charge on any atom is -0.406 e. The molecule has 0 aliphatic carbocycles. The van der Waals surface area contributed by atoms with Gasteiger partial charge in [-0.25, -0.2) is 9.97 Å². The SMILES string of the molecule is C=CCNc1ncnc(Nc2ccc(OC(F)(F)F)cc2)c1N. The van der Waals surface area contributed by atoms with E-state index in [1.165, 1.54) is 30.6 Å². The van der Waals surface area contributed by atoms with E-state index >= 15 is 0 Å². The Bertz CT molecular complexity index is 673. The number of alkyl halides is 3. The van der Waals surface area contributed by atoms with Crippen LogP contribution in [0.2, 0.25) is 0 Å². The number of nitrogens with one attached hydrogen (secondary N) is 2. The first-order valence-corrected chi connectivity index (χ1v) is 6.47. The number of hydrogen-bond donors (Lipinski definition) is 3. The zero-order valence-electron chi connectivity index (χ0n) is 11.9. The number of aromatic nitrogens is 2. The molecule has 2 aromatic rings. The average Bonchev–Trinajstić information content (AvgIpc) is 2.48. The van der Waals surface area contributed by atoms with Gasteiger partial charge in [-0.15, -0.1) is 19.8 Å². The van der Waals surface area contributed by atoms with Crippen LogP contribution < -0.4 is 21.1 Å². The molecule has 6 nitrogen and oxygen atoms in total. The predicted molar refractivity (Wildman–Crippen MR) is 81.5 cm³/mol. The summed E-state index contributed by atoms with van der Waals surface area (Å²) < 4.78 is 40.1. The summed E-state index contributed by atoms with van der Waals surface area (Å²) in [6, 6.07) is 5.20. The van der Waals surface area contributed by atoms with Crippen molar-refractivity contribution < 1.29 is 17.9 Å². The van der Waals surface area contributed by atoms with E-state index in [4.69, 9.17) is 5.73 Å². The number of halogens is 3. The summed E-state index contributed by atoms with van der Waals surface area (Å²) in [7, 11) is 0. The summed E-state index contributed by atoms with van der Waals surface area (Å²) in [6.07, 6.45) is -1.77. The minimum absolute atomic E-state index is 0.282. The smallest absolute Gasteiger partial charge is 0.406 e. The molecule has 2 rings (SSSR count). The first-order valence-electron chi connectivity index (χ1n) is 6.47. The lowest BCUT2D eigenvalue weighted by Crippen LogP contribution is -2.17. The molecule has 0 aliphatic heterocycles. The lowest BCUT2D eigenvalue weighted by Gasteiger charge is -2.12. The van der Waals surface area contributed by atoms with Crippen LogP contribution in [0.25, 0.3) is 0 Å². The Morgan fingerprint density at radius 2 is 1.83 bits per heavy atom. The Morgan fingerprint density at radius 1 is 1.17 bits per heavy atom. The third-order valence-corrected chi connectivity index (χ3v) is 2.65. The molecule has 0 spiro atoms. The molecule has 9 heteroatoms. The summed E-state index contributed by atoms with van der Waals surface area (Å²) >= 11 is 0. The van der Waals surface area contributed by atoms with Gasteiger partial charge in [-0.05, 0) is 24.3 Å². The van der Waals surface area contributed by atoms with Crippen LogP contribution in [0.5, 0.6) is 5.75 Å². The topological polar surface area (TPSA) is 85.1 Å². The van der Waals surface area contributed by atoms with Gasteiger partial charge in [-0.3, -0.25) is 0 Å². The van der Waals surface area contributed by atoms with E-state index in [0.717, 1.165) is 0 Å². The molecule has 0 aliphatic rings. The maximum Gasteiger partial charge on any atom is 0.573 e. The van der Waals surface area contributed by atoms with Crippen molar-refractivity contribution in [3.8, 4) is 5.75 Å². The lowest BCUT2D eigenvalue weighted by molar-refractivity contribution is -0.274. The van der Waals surface area contributed by atoms with Crippen LogP contribution >= 0.6 is 0 Å². The molecule has 1 heterocycles. The van der Waals surface area contributed by atoms with Gasteiger partial charge in [0.15, 0.2) is 11.6 Å². The van der Waals surface area contributed by atoms with Gasteiger partial charge in [0.1, 0.15) is 17.8 Å². The molecule has 0 saturated heterocycles. The maximum atomic E-state index is 12.1. The molecule has 0 amide bonds. The van der Waals surface area contributed by atoms with Crippen molar-refractivity contribution in [2.24, 2.45) is 0 Å². The third-order valence-electron chi connectivity index (χ3n) is 2.65. The first-order chi connectivity index (χ1) is 10.9. The van der Waals surface area contributed by atoms with Crippen molar-refractivity contribution in [2.75, 3.05) is 22.9 Å². The lowest BCUT2D eigenvalue weighted by atomic mass is 10.3. The van der Waals surface area contributed by atoms with E-state index in [1.54, 1.807) is 6.08 Å². The molecular weight excluding hydrogens is 311 g/mol. The molecule has 122 valence electrons. The molecule has 1 aromatic carbocycles. The summed E-state index contributed by atoms with van der Waals surface area (Å²) in [4.78, 5) is 7.99. The third kappa shape index (κ3) is 4.77. The monoisotopic (exact) mass is 325 g/mol. The molecule has 0 fully saturated rings. The Kier molecular flexibility index (Phi) is 4.89. The molecule has 1 aromatic heterocycles. The Morgan fingerprint density at radius 3 is 2.43 bits per heavy atom. The number of benzene rings is 1. The predicted octanol–water partition coefficient (Wildman–Crippen LogP) is 3.30. The van der Waals surface area contributed by atoms with E-state index in [-0.39, 0.29) is 11.4 Å². The Balaban J connectivity index is 2.11. The van der Waals surface area contributed by atoms with E-state index in [2.05, 4.69) is 31.9 Å². The van der Waals surface area contributed by atoms with Crippen LogP contribution in [-0.4, -0.2) is 22.9 Å². The number of rotatable bonds is 6. The molecule has 0 bridgehead atoms. The second-order valence-electron chi connectivity index (χ2n) is 4.35. The highest BCUT2D eigenvalue weighted by Crippen LogP contribution is 2.28. The number of hydrogen-bond acceptors (Lipinski definition) is 6. The zero-order valence-corrected chi connectivity index (χ0v) is 11.9. The van der Waals surface area contributed by atoms with Crippen molar-refractivity contribution >= 4 is 23.0 Å². The quantitative estimate of drug-likeness (QED) is 0.707. The van der Waals surface area contributed by atoms with E-state index in [9.17, 15) is 13.2 Å². The molecule has 23 heavy (non-hydrogen) atoms. The molecule has 0 radical (unpaired) electrons. The standard InChI is InChI=1S/C14H14F3N5O/c1-2-7-19-12-11(18)13(21-8-20-12)22-9-3-5-10(6-4-9)23-14(15,16)17/h2-6,8H,1,7,18H2,(H2,19,20,21,22). The first kappa shape index (κ1) is 16.4. The molecule has 0 unspecified atom stereocenters. The Hall–Kier alpha value is -2.97. The van der Waals surface area contributed by atoms with Crippen molar-refractivity contribution in [3.63, 3.8) is 0 Å². The minimum atomic E-state index is -4.72. The number of ether oxygens (including phenoxy) is 1. The fourth-order valence-corrected chi connectivity index (χ4v) is 1.68. The van der Waals surface area contributed by atoms with Crippen LogP contribution in [0, 0.1) is 0 Å². The number of nitrogens with zero attached hydrogens (tertiary/aromatic N) is 2. The van der Waals surface area contributed by atoms with Crippen LogP contribution in [0.3, 0.4) is 0 Å². The molecular formula is C14H14F3N5O. The summed E-state index contributed by atoms with van der Waals surface area (Å²) in [5, 5.41) is 5.84. The van der Waals surface area contributed by atoms with Gasteiger partial charge in [-0.2, -0.15) is 0 Å². The molecule has 0 atom stereocenters. The van der Waals surface area contributed by atoms with Gasteiger partial charge in [0.05, 0.1) is 0 Å². The highest BCUT2D eigenvalue weighted by Gasteiger charge is 2.30. The number of nitrogens with two attached hydrogens (primary N) is 1. The van der Waals surface area contributed by atoms with Crippen molar-refractivity contribution in [2.45, 2.75) is 6.36 Å². The van der Waals surface area contributed by atoms with Gasteiger partial charge in [0.2, 0.25) is 0 Å². The average molecular weight is 325 g/mol. The number of nitrogen functional groups attached to an aromatic ring is 1. The van der Waals surface area contributed by atoms with Gasteiger partial charge in [-0.1, -0.05) is 6.08 Å². The summed E-state index contributed by atoms with van der Waals surface area (Å²) in [5.41, 5.74) is 6.71. The van der Waals surface area contributed by atoms with Crippen molar-refractivity contribution in [1.29, 1.82) is 0 Å². The Labute approximate surface area is 130 Å². The van der Waals surface area contributed by atoms with Gasteiger partial charge < -0.3 is 21.1 Å². The highest BCUT2D eigenvalue weighted by atomic mass is 19.4. The zero-order chi connectivity index (χ0) is 16.9. The molecule has 0 saturated carbocycles. The maximum absolute atomic E-state index is 12.1. The van der Waals surface area contributed by atoms with Gasteiger partial charge in [0, 0.05) is 12.2 Å². The highest BCUT2D eigenvalue weighted by molar-refractivity contribution is 5.77.